The van der Waals surface area contributed by atoms with Crippen LogP contribution in [0, 0.1) is 0 Å². The molecule has 3 aromatic rings. The third-order valence-electron chi connectivity index (χ3n) is 3.36. The maximum Gasteiger partial charge on any atom is 0.352 e. The molecule has 0 bridgehead atoms. The number of ketones is 1. The molecule has 0 unspecified atom stereocenters. The van der Waals surface area contributed by atoms with Crippen molar-refractivity contribution in [1.82, 2.24) is 4.98 Å². The Balaban J connectivity index is 2.15. The molecule has 0 amide bonds. The SMILES string of the molecule is O=C(c1ccccc1)c1ccc2c(=O)cc(C(=O)O)[nH]c2c1. The second kappa shape index (κ2) is 5.29. The van der Waals surface area contributed by atoms with Crippen LogP contribution < -0.4 is 5.43 Å². The molecular weight excluding hydrogens is 282 g/mol. The lowest BCUT2D eigenvalue weighted by molar-refractivity contribution is 0.0690. The van der Waals surface area contributed by atoms with E-state index in [1.807, 2.05) is 6.07 Å². The lowest BCUT2D eigenvalue weighted by Gasteiger charge is -2.04. The Kier molecular flexibility index (Phi) is 3.31. The zero-order valence-corrected chi connectivity index (χ0v) is 11.4. The molecule has 5 heteroatoms. The molecule has 1 aromatic heterocycles. The van der Waals surface area contributed by atoms with Gasteiger partial charge in [0.05, 0.1) is 5.52 Å². The number of hydrogen-bond acceptors (Lipinski definition) is 3. The van der Waals surface area contributed by atoms with E-state index >= 15 is 0 Å². The molecule has 0 fully saturated rings. The lowest BCUT2D eigenvalue weighted by Crippen LogP contribution is -2.10. The maximum absolute atomic E-state index is 12.4. The van der Waals surface area contributed by atoms with E-state index in [0.717, 1.165) is 6.07 Å². The first-order chi connectivity index (χ1) is 10.6. The molecule has 0 saturated heterocycles. The van der Waals surface area contributed by atoms with Gasteiger partial charge in [-0.15, -0.1) is 0 Å². The third kappa shape index (κ3) is 2.40. The van der Waals surface area contributed by atoms with Crippen LogP contribution in [0.25, 0.3) is 10.9 Å². The number of fused-ring (bicyclic) bond motifs is 1. The first-order valence-electron chi connectivity index (χ1n) is 6.56. The molecule has 0 aliphatic rings. The second-order valence-corrected chi connectivity index (χ2v) is 4.81. The van der Waals surface area contributed by atoms with Crippen molar-refractivity contribution in [3.05, 3.63) is 81.6 Å². The van der Waals surface area contributed by atoms with E-state index in [9.17, 15) is 14.4 Å². The topological polar surface area (TPSA) is 87.2 Å². The number of carbonyl (C=O) groups excluding carboxylic acids is 1. The zero-order chi connectivity index (χ0) is 15.7. The summed E-state index contributed by atoms with van der Waals surface area (Å²) < 4.78 is 0. The largest absolute Gasteiger partial charge is 0.477 e. The highest BCUT2D eigenvalue weighted by molar-refractivity contribution is 6.10. The van der Waals surface area contributed by atoms with Gasteiger partial charge in [-0.2, -0.15) is 0 Å². The van der Waals surface area contributed by atoms with Crippen molar-refractivity contribution >= 4 is 22.7 Å². The molecule has 5 nitrogen and oxygen atoms in total. The van der Waals surface area contributed by atoms with Crippen LogP contribution >= 0.6 is 0 Å². The molecular formula is C17H11NO4. The molecule has 2 N–H and O–H groups in total. The number of benzene rings is 2. The Bertz CT molecular complexity index is 942. The van der Waals surface area contributed by atoms with Crippen LogP contribution in [0.4, 0.5) is 0 Å². The Hall–Kier alpha value is -3.21. The molecule has 0 radical (unpaired) electrons. The van der Waals surface area contributed by atoms with E-state index in [2.05, 4.69) is 4.98 Å². The number of carboxylic acids is 1. The molecule has 22 heavy (non-hydrogen) atoms. The molecule has 0 aliphatic carbocycles. The van der Waals surface area contributed by atoms with Gasteiger partial charge in [-0.1, -0.05) is 36.4 Å². The van der Waals surface area contributed by atoms with Gasteiger partial charge in [0.2, 0.25) is 0 Å². The Morgan fingerprint density at radius 1 is 0.909 bits per heavy atom. The number of carbonyl (C=O) groups is 2. The van der Waals surface area contributed by atoms with Crippen molar-refractivity contribution in [1.29, 1.82) is 0 Å². The Labute approximate surface area is 124 Å². The summed E-state index contributed by atoms with van der Waals surface area (Å²) in [6, 6.07) is 14.3. The van der Waals surface area contributed by atoms with Crippen LogP contribution in [0.2, 0.25) is 0 Å². The van der Waals surface area contributed by atoms with Gasteiger partial charge >= 0.3 is 5.97 Å². The van der Waals surface area contributed by atoms with Gasteiger partial charge in [0.15, 0.2) is 11.2 Å². The van der Waals surface area contributed by atoms with Crippen LogP contribution in [-0.4, -0.2) is 21.8 Å². The zero-order valence-electron chi connectivity index (χ0n) is 11.4. The number of nitrogens with one attached hydrogen (secondary N) is 1. The van der Waals surface area contributed by atoms with E-state index in [0.29, 0.717) is 22.0 Å². The van der Waals surface area contributed by atoms with Crippen LogP contribution in [-0.2, 0) is 0 Å². The van der Waals surface area contributed by atoms with Crippen molar-refractivity contribution in [3.8, 4) is 0 Å². The molecule has 0 atom stereocenters. The summed E-state index contributed by atoms with van der Waals surface area (Å²) in [4.78, 5) is 37.9. The number of rotatable bonds is 3. The highest BCUT2D eigenvalue weighted by Gasteiger charge is 2.12. The van der Waals surface area contributed by atoms with E-state index < -0.39 is 11.4 Å². The monoisotopic (exact) mass is 293 g/mol. The number of aromatic nitrogens is 1. The van der Waals surface area contributed by atoms with Crippen molar-refractivity contribution in [2.24, 2.45) is 0 Å². The molecule has 2 aromatic carbocycles. The Morgan fingerprint density at radius 2 is 1.64 bits per heavy atom. The Morgan fingerprint density at radius 3 is 2.32 bits per heavy atom. The summed E-state index contributed by atoms with van der Waals surface area (Å²) in [6.07, 6.45) is 0. The molecule has 108 valence electrons. The summed E-state index contributed by atoms with van der Waals surface area (Å²) in [5, 5.41) is 9.33. The molecule has 0 saturated carbocycles. The van der Waals surface area contributed by atoms with Gasteiger partial charge in [-0.3, -0.25) is 9.59 Å². The average Bonchev–Trinajstić information content (AvgIpc) is 2.54. The van der Waals surface area contributed by atoms with Crippen LogP contribution in [0.15, 0.2) is 59.4 Å². The minimum atomic E-state index is -1.22. The molecule has 0 aliphatic heterocycles. The van der Waals surface area contributed by atoms with Crippen molar-refractivity contribution in [2.45, 2.75) is 0 Å². The standard InChI is InChI=1S/C17H11NO4/c19-15-9-14(17(21)22)18-13-8-11(6-7-12(13)15)16(20)10-4-2-1-3-5-10/h1-9H,(H,18,19)(H,21,22). The summed E-state index contributed by atoms with van der Waals surface area (Å²) >= 11 is 0. The summed E-state index contributed by atoms with van der Waals surface area (Å²) in [5.41, 5.74) is 0.633. The number of hydrogen-bond donors (Lipinski definition) is 2. The number of pyridine rings is 1. The van der Waals surface area contributed by atoms with Crippen molar-refractivity contribution < 1.29 is 14.7 Å². The van der Waals surface area contributed by atoms with Crippen LogP contribution in [0.3, 0.4) is 0 Å². The minimum absolute atomic E-state index is 0.191. The third-order valence-corrected chi connectivity index (χ3v) is 3.36. The summed E-state index contributed by atoms with van der Waals surface area (Å²) in [7, 11) is 0. The van der Waals surface area contributed by atoms with Gasteiger partial charge in [-0.25, -0.2) is 4.79 Å². The first-order valence-corrected chi connectivity index (χ1v) is 6.56. The number of carboxylic acid groups (broad SMARTS) is 1. The average molecular weight is 293 g/mol. The van der Waals surface area contributed by atoms with E-state index in [-0.39, 0.29) is 11.5 Å². The van der Waals surface area contributed by atoms with E-state index in [1.165, 1.54) is 12.1 Å². The van der Waals surface area contributed by atoms with Crippen LogP contribution in [0.1, 0.15) is 26.4 Å². The predicted molar refractivity (Wildman–Crippen MR) is 81.4 cm³/mol. The smallest absolute Gasteiger partial charge is 0.352 e. The normalized spacial score (nSPS) is 10.5. The van der Waals surface area contributed by atoms with E-state index in [1.54, 1.807) is 30.3 Å². The fourth-order valence-electron chi connectivity index (χ4n) is 2.27. The summed E-state index contributed by atoms with van der Waals surface area (Å²) in [5.74, 6) is -1.41. The van der Waals surface area contributed by atoms with Gasteiger partial charge in [0.25, 0.3) is 0 Å². The molecule has 3 rings (SSSR count). The molecule has 1 heterocycles. The minimum Gasteiger partial charge on any atom is -0.477 e. The lowest BCUT2D eigenvalue weighted by atomic mass is 10.0. The quantitative estimate of drug-likeness (QED) is 0.726. The van der Waals surface area contributed by atoms with Gasteiger partial charge < -0.3 is 10.1 Å². The van der Waals surface area contributed by atoms with Gasteiger partial charge in [0, 0.05) is 22.6 Å². The summed E-state index contributed by atoms with van der Waals surface area (Å²) in [6.45, 7) is 0. The number of aromatic amines is 1. The highest BCUT2D eigenvalue weighted by atomic mass is 16.4. The van der Waals surface area contributed by atoms with Crippen LogP contribution in [0.5, 0.6) is 0 Å². The van der Waals surface area contributed by atoms with Gasteiger partial charge in [0.1, 0.15) is 5.69 Å². The first kappa shape index (κ1) is 13.8. The fraction of sp³-hybridized carbons (Fsp3) is 0. The number of aromatic carboxylic acids is 1. The predicted octanol–water partition coefficient (Wildman–Crippen LogP) is 2.46. The van der Waals surface area contributed by atoms with E-state index in [4.69, 9.17) is 5.11 Å². The van der Waals surface area contributed by atoms with Crippen molar-refractivity contribution in [3.63, 3.8) is 0 Å². The highest BCUT2D eigenvalue weighted by Crippen LogP contribution is 2.15. The fourth-order valence-corrected chi connectivity index (χ4v) is 2.27. The van der Waals surface area contributed by atoms with Crippen molar-refractivity contribution in [2.75, 3.05) is 0 Å². The number of H-pyrrole nitrogens is 1. The second-order valence-electron chi connectivity index (χ2n) is 4.81. The maximum atomic E-state index is 12.4. The molecule has 0 spiro atoms. The van der Waals surface area contributed by atoms with Gasteiger partial charge in [-0.05, 0) is 12.1 Å².